The molecule has 38 heavy (non-hydrogen) atoms. The minimum absolute atomic E-state index is 0.0158. The zero-order chi connectivity index (χ0) is 27.2. The van der Waals surface area contributed by atoms with Crippen LogP contribution in [0.2, 0.25) is 5.15 Å². The van der Waals surface area contributed by atoms with Crippen LogP contribution in [0.25, 0.3) is 0 Å². The summed E-state index contributed by atoms with van der Waals surface area (Å²) in [7, 11) is 2.91. The fourth-order valence-corrected chi connectivity index (χ4v) is 6.39. The molecular formula is C28H26ClF2N3O4. The Kier molecular flexibility index (Phi) is 6.78. The van der Waals surface area contributed by atoms with E-state index in [0.29, 0.717) is 11.1 Å². The summed E-state index contributed by atoms with van der Waals surface area (Å²) in [6.07, 6.45) is -4.06. The second-order valence-corrected chi connectivity index (χ2v) is 10.1. The highest BCUT2D eigenvalue weighted by Crippen LogP contribution is 2.69. The zero-order valence-electron chi connectivity index (χ0n) is 20.7. The predicted molar refractivity (Wildman–Crippen MR) is 135 cm³/mol. The lowest BCUT2D eigenvalue weighted by Gasteiger charge is -2.41. The van der Waals surface area contributed by atoms with Crippen molar-refractivity contribution in [3.63, 3.8) is 0 Å². The predicted octanol–water partition coefficient (Wildman–Crippen LogP) is 4.06. The third-order valence-electron chi connectivity index (χ3n) is 7.60. The number of nitriles is 1. The lowest BCUT2D eigenvalue weighted by molar-refractivity contribution is -0.152. The molecule has 3 aromatic rings. The Balaban J connectivity index is 1.81. The molecule has 1 aliphatic carbocycles. The normalized spacial score (nSPS) is 27.6. The van der Waals surface area contributed by atoms with E-state index in [9.17, 15) is 24.3 Å². The van der Waals surface area contributed by atoms with Crippen LogP contribution in [0.3, 0.4) is 0 Å². The van der Waals surface area contributed by atoms with E-state index >= 15 is 0 Å². The molecule has 2 aromatic carbocycles. The maximum atomic E-state index is 13.3. The molecule has 0 amide bonds. The van der Waals surface area contributed by atoms with Crippen molar-refractivity contribution in [2.24, 2.45) is 5.92 Å². The first-order valence-electron chi connectivity index (χ1n) is 12.0. The molecule has 1 unspecified atom stereocenters. The molecule has 7 nitrogen and oxygen atoms in total. The van der Waals surface area contributed by atoms with Crippen molar-refractivity contribution in [2.75, 3.05) is 27.2 Å². The number of ether oxygens (including phenoxy) is 2. The van der Waals surface area contributed by atoms with E-state index < -0.39 is 42.1 Å². The van der Waals surface area contributed by atoms with Crippen LogP contribution in [0.4, 0.5) is 8.78 Å². The number of alkyl halides is 2. The van der Waals surface area contributed by atoms with Crippen LogP contribution in [-0.4, -0.2) is 59.9 Å². The number of hydrogen-bond donors (Lipinski definition) is 2. The van der Waals surface area contributed by atoms with E-state index in [4.69, 9.17) is 21.1 Å². The molecule has 5 atom stereocenters. The van der Waals surface area contributed by atoms with Gasteiger partial charge < -0.3 is 24.6 Å². The van der Waals surface area contributed by atoms with Crippen molar-refractivity contribution in [2.45, 2.75) is 29.6 Å². The van der Waals surface area contributed by atoms with Gasteiger partial charge in [0.25, 0.3) is 6.43 Å². The number of hydrogen-bond acceptors (Lipinski definition) is 7. The van der Waals surface area contributed by atoms with Crippen molar-refractivity contribution in [3.8, 4) is 17.7 Å². The minimum Gasteiger partial charge on any atom is -0.481 e. The smallest absolute Gasteiger partial charge is 0.251 e. The van der Waals surface area contributed by atoms with Gasteiger partial charge in [-0.05, 0) is 30.3 Å². The molecule has 198 valence electrons. The van der Waals surface area contributed by atoms with Crippen LogP contribution in [0.1, 0.15) is 28.2 Å². The first kappa shape index (κ1) is 26.3. The highest BCUT2D eigenvalue weighted by molar-refractivity contribution is 6.29. The van der Waals surface area contributed by atoms with Gasteiger partial charge in [-0.1, -0.05) is 54.1 Å². The van der Waals surface area contributed by atoms with Gasteiger partial charge in [0.2, 0.25) is 5.88 Å². The number of nitrogens with zero attached hydrogens (tertiary/aromatic N) is 3. The molecule has 10 heteroatoms. The van der Waals surface area contributed by atoms with Crippen molar-refractivity contribution >= 4 is 11.6 Å². The lowest BCUT2D eigenvalue weighted by atomic mass is 9.70. The van der Waals surface area contributed by atoms with Gasteiger partial charge in [-0.25, -0.2) is 13.8 Å². The van der Waals surface area contributed by atoms with Crippen molar-refractivity contribution in [3.05, 3.63) is 88.1 Å². The number of fused-ring (bicyclic) bond motifs is 3. The van der Waals surface area contributed by atoms with Gasteiger partial charge in [0, 0.05) is 24.4 Å². The number of aliphatic hydroxyl groups is 2. The molecule has 2 N–H and O–H groups in total. The zero-order valence-corrected chi connectivity index (χ0v) is 21.4. The first-order chi connectivity index (χ1) is 18.2. The molecule has 2 heterocycles. The Morgan fingerprint density at radius 1 is 1.21 bits per heavy atom. The molecule has 2 aliphatic rings. The van der Waals surface area contributed by atoms with Gasteiger partial charge in [-0.3, -0.25) is 0 Å². The van der Waals surface area contributed by atoms with E-state index in [1.54, 1.807) is 31.3 Å². The van der Waals surface area contributed by atoms with Crippen LogP contribution >= 0.6 is 11.6 Å². The summed E-state index contributed by atoms with van der Waals surface area (Å²) in [6, 6.07) is 19.3. The lowest BCUT2D eigenvalue weighted by Crippen LogP contribution is -2.52. The molecule has 0 spiro atoms. The number of benzene rings is 2. The maximum Gasteiger partial charge on any atom is 0.251 e. The van der Waals surface area contributed by atoms with Crippen molar-refractivity contribution in [1.29, 1.82) is 5.26 Å². The van der Waals surface area contributed by atoms with Crippen molar-refractivity contribution in [1.82, 2.24) is 9.88 Å². The van der Waals surface area contributed by atoms with Crippen LogP contribution in [0, 0.1) is 17.2 Å². The largest absolute Gasteiger partial charge is 0.481 e. The number of methoxy groups -OCH3 is 1. The second-order valence-electron chi connectivity index (χ2n) is 9.73. The molecule has 0 bridgehead atoms. The summed E-state index contributed by atoms with van der Waals surface area (Å²) >= 11 is 6.25. The molecule has 1 fully saturated rings. The molecule has 0 radical (unpaired) electrons. The highest BCUT2D eigenvalue weighted by atomic mass is 35.5. The average molecular weight is 542 g/mol. The monoisotopic (exact) mass is 541 g/mol. The Hall–Kier alpha value is -3.29. The maximum absolute atomic E-state index is 13.3. The minimum atomic E-state index is -2.58. The van der Waals surface area contributed by atoms with Crippen LogP contribution in [0.15, 0.2) is 60.7 Å². The summed E-state index contributed by atoms with van der Waals surface area (Å²) < 4.78 is 38.7. The van der Waals surface area contributed by atoms with Crippen molar-refractivity contribution < 1.29 is 28.5 Å². The number of halogens is 3. The number of aliphatic hydroxyl groups excluding tert-OH is 1. The molecule has 1 aromatic heterocycles. The van der Waals surface area contributed by atoms with E-state index in [1.807, 2.05) is 30.3 Å². The summed E-state index contributed by atoms with van der Waals surface area (Å²) in [5, 5.41) is 34.1. The number of aromatic nitrogens is 1. The molecule has 5 rings (SSSR count). The fraction of sp³-hybridized carbons (Fsp3) is 0.357. The Morgan fingerprint density at radius 2 is 1.89 bits per heavy atom. The summed E-state index contributed by atoms with van der Waals surface area (Å²) in [5.74, 6) is -1.30. The van der Waals surface area contributed by atoms with Gasteiger partial charge in [-0.15, -0.1) is 0 Å². The summed E-state index contributed by atoms with van der Waals surface area (Å²) in [4.78, 5) is 5.65. The summed E-state index contributed by atoms with van der Waals surface area (Å²) in [5.41, 5.74) is -2.01. The Bertz CT molecular complexity index is 1370. The standard InChI is InChI=1S/C28H26ClF2N3O4/c1-34(15-22(30)31)14-19-23(17-6-4-3-5-7-17)28(18-10-8-16(13-32)9-11-18)27(36,25(19)35)24-20(38-28)12-21(29)33-26(24)37-2/h3-12,19,22-23,25,35-36H,14-15H2,1-2H3/t19-,23-,25-,27+,28?/m1/s1. The molecule has 1 aliphatic heterocycles. The fourth-order valence-electron chi connectivity index (χ4n) is 6.22. The quantitative estimate of drug-likeness (QED) is 0.435. The van der Waals surface area contributed by atoms with Gasteiger partial charge >= 0.3 is 0 Å². The van der Waals surface area contributed by atoms with Gasteiger partial charge in [0.05, 0.1) is 37.0 Å². The van der Waals surface area contributed by atoms with E-state index in [-0.39, 0.29) is 28.9 Å². The topological polar surface area (TPSA) is 98.8 Å². The summed E-state index contributed by atoms with van der Waals surface area (Å²) in [6.45, 7) is -0.474. The Morgan fingerprint density at radius 3 is 2.50 bits per heavy atom. The van der Waals surface area contributed by atoms with E-state index in [2.05, 4.69) is 11.1 Å². The van der Waals surface area contributed by atoms with Gasteiger partial charge in [0.1, 0.15) is 10.9 Å². The third kappa shape index (κ3) is 3.83. The van der Waals surface area contributed by atoms with Gasteiger partial charge in [0.15, 0.2) is 11.2 Å². The molecule has 1 saturated carbocycles. The number of rotatable bonds is 7. The van der Waals surface area contributed by atoms with E-state index in [0.717, 1.165) is 5.56 Å². The molecular weight excluding hydrogens is 516 g/mol. The van der Waals surface area contributed by atoms with E-state index in [1.165, 1.54) is 18.1 Å². The third-order valence-corrected chi connectivity index (χ3v) is 7.80. The Labute approximate surface area is 223 Å². The van der Waals surface area contributed by atoms with Crippen LogP contribution in [-0.2, 0) is 11.2 Å². The molecule has 0 saturated heterocycles. The van der Waals surface area contributed by atoms with Crippen LogP contribution < -0.4 is 9.47 Å². The number of pyridine rings is 1. The SMILES string of the molecule is COc1nc(Cl)cc2c1[C@]1(O)[C@H](O)[C@H](CN(C)CC(F)F)[C@@H](c3ccccc3)C1(c1ccc(C#N)cc1)O2. The average Bonchev–Trinajstić information content (AvgIpc) is 3.26. The highest BCUT2D eigenvalue weighted by Gasteiger charge is 2.77. The van der Waals surface area contributed by atoms with Gasteiger partial charge in [-0.2, -0.15) is 5.26 Å². The second kappa shape index (κ2) is 9.79. The van der Waals surface area contributed by atoms with Crippen LogP contribution in [0.5, 0.6) is 11.6 Å². The first-order valence-corrected chi connectivity index (χ1v) is 12.4.